The van der Waals surface area contributed by atoms with Gasteiger partial charge in [0.1, 0.15) is 0 Å². The standard InChI is InChI=1S/C18H34O3/c1-6-20-18(11-9-7-8-10-12-18)15(19)14-13-16(2,3)21-17(14,4)5/h14-15,19H,6-13H2,1-5H3. The zero-order valence-corrected chi connectivity index (χ0v) is 14.6. The Morgan fingerprint density at radius 2 is 1.67 bits per heavy atom. The smallest absolute Gasteiger partial charge is 0.0943 e. The molecule has 2 aliphatic rings. The second-order valence-electron chi connectivity index (χ2n) is 8.13. The Morgan fingerprint density at radius 1 is 1.10 bits per heavy atom. The summed E-state index contributed by atoms with van der Waals surface area (Å²) in [6.45, 7) is 11.2. The lowest BCUT2D eigenvalue weighted by atomic mass is 9.73. The quantitative estimate of drug-likeness (QED) is 0.795. The molecule has 2 rings (SSSR count). The highest BCUT2D eigenvalue weighted by molar-refractivity contribution is 5.04. The van der Waals surface area contributed by atoms with Crippen LogP contribution in [-0.2, 0) is 9.47 Å². The third kappa shape index (κ3) is 3.62. The molecule has 124 valence electrons. The Bertz CT molecular complexity index is 340. The fraction of sp³-hybridized carbons (Fsp3) is 1.00. The average molecular weight is 298 g/mol. The molecule has 1 saturated carbocycles. The van der Waals surface area contributed by atoms with E-state index >= 15 is 0 Å². The third-order valence-electron chi connectivity index (χ3n) is 5.45. The number of hydrogen-bond acceptors (Lipinski definition) is 3. The molecular weight excluding hydrogens is 264 g/mol. The van der Waals surface area contributed by atoms with Crippen molar-refractivity contribution < 1.29 is 14.6 Å². The summed E-state index contributed by atoms with van der Waals surface area (Å²) in [6, 6.07) is 0. The summed E-state index contributed by atoms with van der Waals surface area (Å²) in [4.78, 5) is 0. The first kappa shape index (κ1) is 17.2. The summed E-state index contributed by atoms with van der Waals surface area (Å²) < 4.78 is 12.4. The predicted molar refractivity (Wildman–Crippen MR) is 85.4 cm³/mol. The highest BCUT2D eigenvalue weighted by atomic mass is 16.5. The Balaban J connectivity index is 2.23. The van der Waals surface area contributed by atoms with E-state index in [4.69, 9.17) is 9.47 Å². The van der Waals surface area contributed by atoms with Gasteiger partial charge in [-0.15, -0.1) is 0 Å². The molecule has 1 aliphatic carbocycles. The van der Waals surface area contributed by atoms with Crippen molar-refractivity contribution in [2.75, 3.05) is 6.61 Å². The molecule has 1 saturated heterocycles. The number of ether oxygens (including phenoxy) is 2. The Labute approximate surface area is 130 Å². The van der Waals surface area contributed by atoms with Crippen LogP contribution in [0.4, 0.5) is 0 Å². The van der Waals surface area contributed by atoms with Crippen molar-refractivity contribution in [3.05, 3.63) is 0 Å². The van der Waals surface area contributed by atoms with Crippen molar-refractivity contribution >= 4 is 0 Å². The second kappa shape index (κ2) is 6.17. The van der Waals surface area contributed by atoms with E-state index in [0.717, 1.165) is 32.1 Å². The van der Waals surface area contributed by atoms with E-state index in [0.29, 0.717) is 6.61 Å². The van der Waals surface area contributed by atoms with Crippen LogP contribution in [0.2, 0.25) is 0 Å². The zero-order chi connectivity index (χ0) is 15.7. The maximum Gasteiger partial charge on any atom is 0.0943 e. The summed E-state index contributed by atoms with van der Waals surface area (Å²) in [5, 5.41) is 11.2. The zero-order valence-electron chi connectivity index (χ0n) is 14.6. The summed E-state index contributed by atoms with van der Waals surface area (Å²) in [7, 11) is 0. The van der Waals surface area contributed by atoms with Gasteiger partial charge in [0.2, 0.25) is 0 Å². The molecule has 0 amide bonds. The van der Waals surface area contributed by atoms with Crippen molar-refractivity contribution in [3.8, 4) is 0 Å². The average Bonchev–Trinajstić information content (AvgIpc) is 2.56. The van der Waals surface area contributed by atoms with Gasteiger partial charge in [-0.2, -0.15) is 0 Å². The number of hydrogen-bond donors (Lipinski definition) is 1. The van der Waals surface area contributed by atoms with E-state index in [1.807, 2.05) is 6.92 Å². The van der Waals surface area contributed by atoms with Gasteiger partial charge in [0.05, 0.1) is 22.9 Å². The first-order valence-electron chi connectivity index (χ1n) is 8.75. The molecule has 0 bridgehead atoms. The first-order chi connectivity index (χ1) is 9.72. The molecule has 0 spiro atoms. The van der Waals surface area contributed by atoms with Crippen molar-refractivity contribution in [2.24, 2.45) is 5.92 Å². The van der Waals surface area contributed by atoms with E-state index in [1.165, 1.54) is 12.8 Å². The number of aliphatic hydroxyl groups excluding tert-OH is 1. The van der Waals surface area contributed by atoms with Crippen molar-refractivity contribution in [1.29, 1.82) is 0 Å². The maximum absolute atomic E-state index is 11.2. The minimum Gasteiger partial charge on any atom is -0.390 e. The van der Waals surface area contributed by atoms with Crippen LogP contribution < -0.4 is 0 Å². The third-order valence-corrected chi connectivity index (χ3v) is 5.45. The van der Waals surface area contributed by atoms with Crippen LogP contribution in [0.25, 0.3) is 0 Å². The molecule has 2 fully saturated rings. The predicted octanol–water partition coefficient (Wildman–Crippen LogP) is 4.07. The van der Waals surface area contributed by atoms with E-state index in [-0.39, 0.29) is 22.7 Å². The number of rotatable bonds is 4. The lowest BCUT2D eigenvalue weighted by molar-refractivity contribution is -0.167. The lowest BCUT2D eigenvalue weighted by Gasteiger charge is -2.43. The van der Waals surface area contributed by atoms with E-state index in [2.05, 4.69) is 27.7 Å². The van der Waals surface area contributed by atoms with Gasteiger partial charge in [0, 0.05) is 12.5 Å². The van der Waals surface area contributed by atoms with Gasteiger partial charge in [0.15, 0.2) is 0 Å². The monoisotopic (exact) mass is 298 g/mol. The first-order valence-corrected chi connectivity index (χ1v) is 8.75. The molecule has 0 aromatic carbocycles. The molecule has 1 heterocycles. The molecule has 2 atom stereocenters. The van der Waals surface area contributed by atoms with Crippen LogP contribution in [0, 0.1) is 5.92 Å². The summed E-state index contributed by atoms with van der Waals surface area (Å²) in [5.41, 5.74) is -0.816. The van der Waals surface area contributed by atoms with Gasteiger partial charge in [-0.25, -0.2) is 0 Å². The largest absolute Gasteiger partial charge is 0.390 e. The van der Waals surface area contributed by atoms with Gasteiger partial charge in [0.25, 0.3) is 0 Å². The molecule has 1 N–H and O–H groups in total. The summed E-state index contributed by atoms with van der Waals surface area (Å²) in [5.74, 6) is 0.136. The molecule has 3 heteroatoms. The number of aliphatic hydroxyl groups is 1. The lowest BCUT2D eigenvalue weighted by Crippen LogP contribution is -2.52. The van der Waals surface area contributed by atoms with Crippen molar-refractivity contribution in [1.82, 2.24) is 0 Å². The Hall–Kier alpha value is -0.120. The van der Waals surface area contributed by atoms with Crippen LogP contribution in [0.5, 0.6) is 0 Å². The van der Waals surface area contributed by atoms with Gasteiger partial charge in [-0.1, -0.05) is 25.7 Å². The van der Waals surface area contributed by atoms with Crippen molar-refractivity contribution in [2.45, 2.75) is 102 Å². The summed E-state index contributed by atoms with van der Waals surface area (Å²) >= 11 is 0. The fourth-order valence-corrected chi connectivity index (χ4v) is 4.60. The van der Waals surface area contributed by atoms with Crippen LogP contribution >= 0.6 is 0 Å². The minimum absolute atomic E-state index is 0.136. The minimum atomic E-state index is -0.438. The highest BCUT2D eigenvalue weighted by Crippen LogP contribution is 2.48. The van der Waals surface area contributed by atoms with Crippen LogP contribution in [0.15, 0.2) is 0 Å². The molecule has 2 unspecified atom stereocenters. The van der Waals surface area contributed by atoms with E-state index in [9.17, 15) is 5.11 Å². The van der Waals surface area contributed by atoms with Crippen LogP contribution in [-0.4, -0.2) is 34.6 Å². The van der Waals surface area contributed by atoms with Gasteiger partial charge in [-0.05, 0) is 53.9 Å². The highest BCUT2D eigenvalue weighted by Gasteiger charge is 2.54. The topological polar surface area (TPSA) is 38.7 Å². The molecular formula is C18H34O3. The summed E-state index contributed by atoms with van der Waals surface area (Å²) in [6.07, 6.45) is 7.27. The van der Waals surface area contributed by atoms with Crippen LogP contribution in [0.1, 0.15) is 79.6 Å². The van der Waals surface area contributed by atoms with Crippen molar-refractivity contribution in [3.63, 3.8) is 0 Å². The van der Waals surface area contributed by atoms with E-state index < -0.39 is 6.10 Å². The molecule has 1 aliphatic heterocycles. The fourth-order valence-electron chi connectivity index (χ4n) is 4.60. The second-order valence-corrected chi connectivity index (χ2v) is 8.13. The van der Waals surface area contributed by atoms with E-state index in [1.54, 1.807) is 0 Å². The SMILES string of the molecule is CCOC1(C(O)C2CC(C)(C)OC2(C)C)CCCCCC1. The van der Waals surface area contributed by atoms with Gasteiger partial charge in [-0.3, -0.25) is 0 Å². The maximum atomic E-state index is 11.2. The Morgan fingerprint density at radius 3 is 2.10 bits per heavy atom. The van der Waals surface area contributed by atoms with Gasteiger partial charge < -0.3 is 14.6 Å². The Kier molecular flexibility index (Phi) is 5.07. The van der Waals surface area contributed by atoms with Gasteiger partial charge >= 0.3 is 0 Å². The molecule has 0 radical (unpaired) electrons. The molecule has 21 heavy (non-hydrogen) atoms. The molecule has 3 nitrogen and oxygen atoms in total. The van der Waals surface area contributed by atoms with Crippen LogP contribution in [0.3, 0.4) is 0 Å². The molecule has 0 aromatic heterocycles. The normalized spacial score (nSPS) is 32.6. The molecule has 0 aromatic rings.